The Morgan fingerprint density at radius 3 is 1.85 bits per heavy atom. The largest absolute Gasteiger partial charge is 0.507 e. The number of aromatic hydroxyl groups is 1. The average Bonchev–Trinajstić information content (AvgIpc) is 2.95. The Labute approximate surface area is 228 Å². The molecule has 0 amide bonds. The molecule has 1 aromatic heterocycles. The second-order valence-corrected chi connectivity index (χ2v) is 9.89. The minimum absolute atomic E-state index is 0.0677. The van der Waals surface area contributed by atoms with Gasteiger partial charge in [-0.15, -0.1) is 0 Å². The predicted octanol–water partition coefficient (Wildman–Crippen LogP) is 6.54. The summed E-state index contributed by atoms with van der Waals surface area (Å²) in [5.74, 6) is -1.52. The molecule has 0 fully saturated rings. The summed E-state index contributed by atoms with van der Waals surface area (Å²) in [6, 6.07) is 36.6. The van der Waals surface area contributed by atoms with Gasteiger partial charge in [-0.25, -0.2) is 4.79 Å². The first-order valence-corrected chi connectivity index (χ1v) is 13.1. The molecule has 0 aliphatic heterocycles. The van der Waals surface area contributed by atoms with E-state index in [1.54, 1.807) is 31.2 Å². The zero-order valence-electron chi connectivity index (χ0n) is 21.9. The number of Topliss-reactive ketones (excluding diaryl/α,β-unsaturated/α-hetero) is 1. The van der Waals surface area contributed by atoms with Gasteiger partial charge in [0.15, 0.2) is 0 Å². The number of fused-ring (bicyclic) bond motifs is 1. The molecule has 5 aromatic rings. The molecule has 0 unspecified atom stereocenters. The first-order chi connectivity index (χ1) is 19.0. The van der Waals surface area contributed by atoms with E-state index in [9.17, 15) is 14.7 Å². The van der Waals surface area contributed by atoms with Crippen LogP contribution in [-0.2, 0) is 17.9 Å². The van der Waals surface area contributed by atoms with Gasteiger partial charge in [-0.05, 0) is 35.7 Å². The van der Waals surface area contributed by atoms with Crippen molar-refractivity contribution in [3.8, 4) is 5.75 Å². The van der Waals surface area contributed by atoms with Gasteiger partial charge >= 0.3 is 5.63 Å². The first-order valence-electron chi connectivity index (χ1n) is 13.1. The number of carbonyl (C=O) groups is 1. The van der Waals surface area contributed by atoms with Gasteiger partial charge in [-0.3, -0.25) is 9.69 Å². The van der Waals surface area contributed by atoms with Gasteiger partial charge < -0.3 is 9.52 Å². The molecule has 5 nitrogen and oxygen atoms in total. The van der Waals surface area contributed by atoms with Crippen LogP contribution in [0.25, 0.3) is 11.0 Å². The maximum Gasteiger partial charge on any atom is 0.343 e. The molecule has 0 bridgehead atoms. The van der Waals surface area contributed by atoms with Gasteiger partial charge in [0.1, 0.15) is 17.1 Å². The zero-order chi connectivity index (χ0) is 27.2. The lowest BCUT2D eigenvalue weighted by Crippen LogP contribution is -2.37. The van der Waals surface area contributed by atoms with E-state index in [2.05, 4.69) is 29.2 Å². The van der Waals surface area contributed by atoms with E-state index < -0.39 is 17.5 Å². The van der Waals surface area contributed by atoms with E-state index in [-0.39, 0.29) is 17.1 Å². The Balaban J connectivity index is 1.61. The summed E-state index contributed by atoms with van der Waals surface area (Å²) in [6.45, 7) is 3.19. The second kappa shape index (κ2) is 11.9. The number of benzene rings is 4. The highest BCUT2D eigenvalue weighted by Crippen LogP contribution is 2.39. The molecule has 1 heterocycles. The van der Waals surface area contributed by atoms with Crippen molar-refractivity contribution in [3.05, 3.63) is 148 Å². The van der Waals surface area contributed by atoms with Crippen molar-refractivity contribution in [2.75, 3.05) is 6.54 Å². The maximum atomic E-state index is 13.4. The molecule has 39 heavy (non-hydrogen) atoms. The fourth-order valence-corrected chi connectivity index (χ4v) is 5.30. The van der Waals surface area contributed by atoms with Crippen LogP contribution < -0.4 is 5.63 Å². The van der Waals surface area contributed by atoms with E-state index in [0.717, 1.165) is 16.7 Å². The minimum Gasteiger partial charge on any atom is -0.507 e. The average molecular weight is 518 g/mol. The molecule has 0 spiro atoms. The standard InChI is InChI=1S/C34H31NO4/c1-24(36)29(23-35(21-25-13-5-2-6-14-25)22-26-15-7-3-8-16-26)31(27-17-9-4-10-18-27)32-33(37)28-19-11-12-20-30(28)39-34(32)38/h2-20,29,31,37H,21-23H2,1H3/t29-,31+/m0/s1. The van der Waals surface area contributed by atoms with Crippen LogP contribution >= 0.6 is 0 Å². The Hall–Kier alpha value is -4.48. The van der Waals surface area contributed by atoms with Gasteiger partial charge in [0.05, 0.1) is 10.9 Å². The maximum absolute atomic E-state index is 13.4. The van der Waals surface area contributed by atoms with Crippen LogP contribution in [0.4, 0.5) is 0 Å². The predicted molar refractivity (Wildman–Crippen MR) is 154 cm³/mol. The summed E-state index contributed by atoms with van der Waals surface area (Å²) >= 11 is 0. The van der Waals surface area contributed by atoms with E-state index >= 15 is 0 Å². The topological polar surface area (TPSA) is 70.8 Å². The summed E-state index contributed by atoms with van der Waals surface area (Å²) in [6.07, 6.45) is 0. The molecular formula is C34H31NO4. The highest BCUT2D eigenvalue weighted by atomic mass is 16.4. The lowest BCUT2D eigenvalue weighted by molar-refractivity contribution is -0.121. The van der Waals surface area contributed by atoms with Crippen molar-refractivity contribution in [3.63, 3.8) is 0 Å². The van der Waals surface area contributed by atoms with Crippen LogP contribution in [0.3, 0.4) is 0 Å². The number of rotatable bonds is 10. The van der Waals surface area contributed by atoms with Crippen molar-refractivity contribution in [2.24, 2.45) is 5.92 Å². The summed E-state index contributed by atoms with van der Waals surface area (Å²) in [5.41, 5.74) is 2.81. The molecule has 2 atom stereocenters. The quantitative estimate of drug-likeness (QED) is 0.213. The Bertz CT molecular complexity index is 1560. The molecule has 5 rings (SSSR count). The number of hydrogen-bond donors (Lipinski definition) is 1. The molecule has 0 aliphatic carbocycles. The highest BCUT2D eigenvalue weighted by molar-refractivity contribution is 5.86. The van der Waals surface area contributed by atoms with Crippen LogP contribution in [0.1, 0.15) is 35.1 Å². The Morgan fingerprint density at radius 2 is 1.28 bits per heavy atom. The molecule has 1 N–H and O–H groups in total. The van der Waals surface area contributed by atoms with Gasteiger partial charge in [0, 0.05) is 31.5 Å². The monoisotopic (exact) mass is 517 g/mol. The molecule has 0 aliphatic rings. The normalized spacial score (nSPS) is 12.9. The van der Waals surface area contributed by atoms with Crippen molar-refractivity contribution >= 4 is 16.8 Å². The third-order valence-corrected chi connectivity index (χ3v) is 7.17. The molecule has 196 valence electrons. The number of nitrogens with zero attached hydrogens (tertiary/aromatic N) is 1. The van der Waals surface area contributed by atoms with Crippen molar-refractivity contribution in [1.82, 2.24) is 4.90 Å². The molecular weight excluding hydrogens is 486 g/mol. The van der Waals surface area contributed by atoms with E-state index in [1.807, 2.05) is 66.7 Å². The van der Waals surface area contributed by atoms with Crippen LogP contribution in [0.15, 0.2) is 124 Å². The van der Waals surface area contributed by atoms with Gasteiger partial charge in [0.25, 0.3) is 0 Å². The number of ketones is 1. The zero-order valence-corrected chi connectivity index (χ0v) is 21.9. The van der Waals surface area contributed by atoms with Crippen LogP contribution in [0.5, 0.6) is 5.75 Å². The summed E-state index contributed by atoms with van der Waals surface area (Å²) in [5, 5.41) is 11.9. The highest BCUT2D eigenvalue weighted by Gasteiger charge is 2.35. The number of hydrogen-bond acceptors (Lipinski definition) is 5. The molecule has 5 heteroatoms. The smallest absolute Gasteiger partial charge is 0.343 e. The fourth-order valence-electron chi connectivity index (χ4n) is 5.30. The number of carbonyl (C=O) groups excluding carboxylic acids is 1. The van der Waals surface area contributed by atoms with E-state index in [1.165, 1.54) is 0 Å². The lowest BCUT2D eigenvalue weighted by atomic mass is 9.78. The second-order valence-electron chi connectivity index (χ2n) is 9.89. The van der Waals surface area contributed by atoms with Gasteiger partial charge in [-0.1, -0.05) is 103 Å². The van der Waals surface area contributed by atoms with Crippen molar-refractivity contribution in [1.29, 1.82) is 0 Å². The molecule has 0 saturated heterocycles. The van der Waals surface area contributed by atoms with E-state index in [4.69, 9.17) is 4.42 Å². The molecule has 0 saturated carbocycles. The summed E-state index contributed by atoms with van der Waals surface area (Å²) < 4.78 is 5.66. The van der Waals surface area contributed by atoms with E-state index in [0.29, 0.717) is 30.6 Å². The van der Waals surface area contributed by atoms with Crippen molar-refractivity contribution in [2.45, 2.75) is 25.9 Å². The van der Waals surface area contributed by atoms with Gasteiger partial charge in [0.2, 0.25) is 0 Å². The third kappa shape index (κ3) is 6.00. The Kier molecular flexibility index (Phi) is 7.99. The van der Waals surface area contributed by atoms with Crippen LogP contribution in [0, 0.1) is 5.92 Å². The van der Waals surface area contributed by atoms with Crippen LogP contribution in [0.2, 0.25) is 0 Å². The Morgan fingerprint density at radius 1 is 0.769 bits per heavy atom. The summed E-state index contributed by atoms with van der Waals surface area (Å²) in [4.78, 5) is 29.1. The SMILES string of the molecule is CC(=O)[C@H](CN(Cc1ccccc1)Cc1ccccc1)[C@@H](c1ccccc1)c1c(O)c2ccccc2oc1=O. The molecule has 0 radical (unpaired) electrons. The fraction of sp³-hybridized carbons (Fsp3) is 0.176. The molecule has 4 aromatic carbocycles. The minimum atomic E-state index is -0.696. The number of para-hydroxylation sites is 1. The third-order valence-electron chi connectivity index (χ3n) is 7.17. The first kappa shape index (κ1) is 26.1. The van der Waals surface area contributed by atoms with Gasteiger partial charge in [-0.2, -0.15) is 0 Å². The van der Waals surface area contributed by atoms with Crippen molar-refractivity contribution < 1.29 is 14.3 Å². The lowest BCUT2D eigenvalue weighted by Gasteiger charge is -2.32. The van der Waals surface area contributed by atoms with Crippen LogP contribution in [-0.4, -0.2) is 22.3 Å². The summed E-state index contributed by atoms with van der Waals surface area (Å²) in [7, 11) is 0.